The van der Waals surface area contributed by atoms with Crippen molar-refractivity contribution in [1.82, 2.24) is 0 Å². The van der Waals surface area contributed by atoms with Crippen LogP contribution in [0.25, 0.3) is 0 Å². The second-order valence-electron chi connectivity index (χ2n) is 9.69. The van der Waals surface area contributed by atoms with Crippen molar-refractivity contribution >= 4 is 56.0 Å². The maximum atomic E-state index is 13.2. The number of sulfonamides is 1. The summed E-state index contributed by atoms with van der Waals surface area (Å²) in [7, 11) is -3.91. The van der Waals surface area contributed by atoms with Crippen LogP contribution in [0.4, 0.5) is 28.4 Å². The van der Waals surface area contributed by atoms with Crippen LogP contribution in [0.5, 0.6) is 5.75 Å². The van der Waals surface area contributed by atoms with Crippen LogP contribution in [0.15, 0.2) is 102 Å². The van der Waals surface area contributed by atoms with Crippen molar-refractivity contribution in [1.29, 1.82) is 0 Å². The zero-order chi connectivity index (χ0) is 28.7. The number of nitrogens with zero attached hydrogens (tertiary/aromatic N) is 1. The molecule has 212 valence electrons. The number of carbonyl (C=O) groups excluding carboxylic acids is 1. The molecule has 0 saturated carbocycles. The Morgan fingerprint density at radius 2 is 1.46 bits per heavy atom. The molecule has 1 amide bonds. The molecular weight excluding hydrogens is 560 g/mol. The third-order valence-electron chi connectivity index (χ3n) is 6.63. The Hall–Kier alpha value is -4.21. The van der Waals surface area contributed by atoms with Gasteiger partial charge >= 0.3 is 0 Å². The molecule has 4 aromatic carbocycles. The predicted octanol–water partition coefficient (Wildman–Crippen LogP) is 6.89. The molecule has 1 fully saturated rings. The first-order chi connectivity index (χ1) is 19.9. The number of hydrogen-bond donors (Lipinski definition) is 3. The number of hydrogen-bond acceptors (Lipinski definition) is 6. The van der Waals surface area contributed by atoms with Gasteiger partial charge in [-0.25, -0.2) is 8.42 Å². The van der Waals surface area contributed by atoms with Crippen LogP contribution < -0.4 is 25.0 Å². The zero-order valence-electron chi connectivity index (χ0n) is 22.3. The summed E-state index contributed by atoms with van der Waals surface area (Å²) in [4.78, 5) is 15.2. The Morgan fingerprint density at radius 1 is 0.805 bits per heavy atom. The van der Waals surface area contributed by atoms with Gasteiger partial charge in [0, 0.05) is 35.2 Å². The summed E-state index contributed by atoms with van der Waals surface area (Å²) in [5.74, 6) is 0.147. The van der Waals surface area contributed by atoms with Crippen LogP contribution in [0.2, 0.25) is 5.02 Å². The number of rotatable bonds is 10. The van der Waals surface area contributed by atoms with Crippen molar-refractivity contribution in [3.63, 3.8) is 0 Å². The number of nitrogens with one attached hydrogen (secondary N) is 3. The van der Waals surface area contributed by atoms with Gasteiger partial charge in [0.1, 0.15) is 5.75 Å². The molecule has 0 spiro atoms. The van der Waals surface area contributed by atoms with Gasteiger partial charge in [0.15, 0.2) is 6.61 Å². The molecular formula is C31H31ClN4O4S. The summed E-state index contributed by atoms with van der Waals surface area (Å²) in [6.07, 6.45) is 3.21. The molecule has 0 atom stereocenters. The second kappa shape index (κ2) is 13.0. The van der Waals surface area contributed by atoms with Gasteiger partial charge in [-0.05, 0) is 98.1 Å². The van der Waals surface area contributed by atoms with E-state index in [4.69, 9.17) is 16.3 Å². The molecule has 1 aliphatic rings. The second-order valence-corrected chi connectivity index (χ2v) is 11.8. The van der Waals surface area contributed by atoms with E-state index < -0.39 is 15.9 Å². The maximum absolute atomic E-state index is 13.2. The Bertz CT molecular complexity index is 1580. The monoisotopic (exact) mass is 590 g/mol. The van der Waals surface area contributed by atoms with Gasteiger partial charge in [-0.15, -0.1) is 0 Å². The first kappa shape index (κ1) is 28.3. The maximum Gasteiger partial charge on any atom is 0.262 e. The van der Waals surface area contributed by atoms with Crippen molar-refractivity contribution in [3.05, 3.63) is 102 Å². The average molecular weight is 591 g/mol. The van der Waals surface area contributed by atoms with Crippen LogP contribution in [0.1, 0.15) is 19.3 Å². The van der Waals surface area contributed by atoms with E-state index in [-0.39, 0.29) is 11.5 Å². The van der Waals surface area contributed by atoms with E-state index >= 15 is 0 Å². The van der Waals surface area contributed by atoms with Crippen LogP contribution >= 0.6 is 11.6 Å². The number of benzene rings is 4. The minimum atomic E-state index is -3.91. The van der Waals surface area contributed by atoms with Crippen molar-refractivity contribution in [2.45, 2.75) is 24.2 Å². The molecule has 10 heteroatoms. The van der Waals surface area contributed by atoms with Crippen molar-refractivity contribution in [3.8, 4) is 5.75 Å². The highest BCUT2D eigenvalue weighted by molar-refractivity contribution is 7.92. The first-order valence-electron chi connectivity index (χ1n) is 13.4. The standard InChI is InChI=1S/C31H31ClN4O4S/c32-23-9-11-26(12-10-23)35-41(38,39)28-17-18-30(36-19-5-2-6-20-36)29(21-28)34-31(37)22-40-27-15-13-25(14-16-27)33-24-7-3-1-4-8-24/h1,3-4,7-18,21,33,35H,2,5-6,19-20,22H2,(H,34,37). The Kier molecular flexibility index (Phi) is 8.96. The number of para-hydroxylation sites is 1. The fraction of sp³-hybridized carbons (Fsp3) is 0.194. The summed E-state index contributed by atoms with van der Waals surface area (Å²) in [5, 5.41) is 6.69. The van der Waals surface area contributed by atoms with Gasteiger partial charge in [-0.3, -0.25) is 9.52 Å². The Labute approximate surface area is 245 Å². The third kappa shape index (κ3) is 7.71. The summed E-state index contributed by atoms with van der Waals surface area (Å²) in [5.41, 5.74) is 3.45. The first-order valence-corrected chi connectivity index (χ1v) is 15.2. The van der Waals surface area contributed by atoms with E-state index in [0.29, 0.717) is 22.1 Å². The SMILES string of the molecule is O=C(COc1ccc(Nc2ccccc2)cc1)Nc1cc(S(=O)(=O)Nc2ccc(Cl)cc2)ccc1N1CCCCC1. The van der Waals surface area contributed by atoms with Crippen molar-refractivity contribution < 1.29 is 17.9 Å². The number of ether oxygens (including phenoxy) is 1. The molecule has 0 aromatic heterocycles. The number of halogens is 1. The van der Waals surface area contributed by atoms with Gasteiger partial charge in [-0.2, -0.15) is 0 Å². The van der Waals surface area contributed by atoms with Gasteiger partial charge in [0.05, 0.1) is 16.3 Å². The largest absolute Gasteiger partial charge is 0.484 e. The summed E-state index contributed by atoms with van der Waals surface area (Å²) >= 11 is 5.93. The lowest BCUT2D eigenvalue weighted by Crippen LogP contribution is -2.31. The number of amides is 1. The predicted molar refractivity (Wildman–Crippen MR) is 165 cm³/mol. The van der Waals surface area contributed by atoms with E-state index in [2.05, 4.69) is 20.3 Å². The lowest BCUT2D eigenvalue weighted by Gasteiger charge is -2.30. The smallest absolute Gasteiger partial charge is 0.262 e. The average Bonchev–Trinajstić information content (AvgIpc) is 2.99. The van der Waals surface area contributed by atoms with E-state index in [1.807, 2.05) is 42.5 Å². The van der Waals surface area contributed by atoms with Gasteiger partial charge in [0.25, 0.3) is 15.9 Å². The van der Waals surface area contributed by atoms with E-state index in [1.54, 1.807) is 48.5 Å². The molecule has 3 N–H and O–H groups in total. The van der Waals surface area contributed by atoms with Crippen molar-refractivity contribution in [2.24, 2.45) is 0 Å². The molecule has 0 aliphatic carbocycles. The Balaban J connectivity index is 1.28. The molecule has 5 rings (SSSR count). The highest BCUT2D eigenvalue weighted by Gasteiger charge is 2.21. The number of anilines is 5. The van der Waals surface area contributed by atoms with Crippen LogP contribution in [0.3, 0.4) is 0 Å². The number of piperidine rings is 1. The molecule has 1 heterocycles. The lowest BCUT2D eigenvalue weighted by atomic mass is 10.1. The molecule has 1 aliphatic heterocycles. The summed E-state index contributed by atoms with van der Waals surface area (Å²) in [6.45, 7) is 1.43. The van der Waals surface area contributed by atoms with Gasteiger partial charge < -0.3 is 20.3 Å². The third-order valence-corrected chi connectivity index (χ3v) is 8.26. The molecule has 4 aromatic rings. The van der Waals surface area contributed by atoms with E-state index in [9.17, 15) is 13.2 Å². The normalized spacial score (nSPS) is 13.3. The van der Waals surface area contributed by atoms with E-state index in [1.165, 1.54) is 6.07 Å². The minimum Gasteiger partial charge on any atom is -0.484 e. The quantitative estimate of drug-likeness (QED) is 0.186. The highest BCUT2D eigenvalue weighted by Crippen LogP contribution is 2.32. The fourth-order valence-electron chi connectivity index (χ4n) is 4.58. The summed E-state index contributed by atoms with van der Waals surface area (Å²) in [6, 6.07) is 28.3. The van der Waals surface area contributed by atoms with Crippen LogP contribution in [0, 0.1) is 0 Å². The number of carbonyl (C=O) groups is 1. The van der Waals surface area contributed by atoms with E-state index in [0.717, 1.165) is 49.4 Å². The molecule has 8 nitrogen and oxygen atoms in total. The van der Waals surface area contributed by atoms with Crippen LogP contribution in [-0.2, 0) is 14.8 Å². The Morgan fingerprint density at radius 3 is 2.17 bits per heavy atom. The topological polar surface area (TPSA) is 99.8 Å². The minimum absolute atomic E-state index is 0.0333. The molecule has 41 heavy (non-hydrogen) atoms. The molecule has 0 bridgehead atoms. The van der Waals surface area contributed by atoms with Gasteiger partial charge in [0.2, 0.25) is 0 Å². The lowest BCUT2D eigenvalue weighted by molar-refractivity contribution is -0.118. The highest BCUT2D eigenvalue weighted by atomic mass is 35.5. The fourth-order valence-corrected chi connectivity index (χ4v) is 5.79. The van der Waals surface area contributed by atoms with Crippen LogP contribution in [-0.4, -0.2) is 34.0 Å². The van der Waals surface area contributed by atoms with Gasteiger partial charge in [-0.1, -0.05) is 29.8 Å². The van der Waals surface area contributed by atoms with Crippen molar-refractivity contribution in [2.75, 3.05) is 40.0 Å². The zero-order valence-corrected chi connectivity index (χ0v) is 23.9. The molecule has 0 radical (unpaired) electrons. The summed E-state index contributed by atoms with van der Waals surface area (Å²) < 4.78 is 34.6. The molecule has 0 unspecified atom stereocenters. The molecule has 1 saturated heterocycles.